The average molecular weight is 273 g/mol. The van der Waals surface area contributed by atoms with Gasteiger partial charge in [-0.15, -0.1) is 10.2 Å². The van der Waals surface area contributed by atoms with E-state index >= 15 is 0 Å². The average Bonchev–Trinajstić information content (AvgIpc) is 2.78. The molecule has 2 heterocycles. The first-order chi connectivity index (χ1) is 9.06. The zero-order chi connectivity index (χ0) is 13.6. The lowest BCUT2D eigenvalue weighted by atomic mass is 10.1. The molecule has 96 valence electrons. The van der Waals surface area contributed by atoms with Gasteiger partial charge < -0.3 is 4.42 Å². The van der Waals surface area contributed by atoms with E-state index in [1.54, 1.807) is 0 Å². The Bertz CT molecular complexity index is 777. The summed E-state index contributed by atoms with van der Waals surface area (Å²) in [5.74, 6) is 0.727. The number of nitrogens with zero attached hydrogens (tertiary/aromatic N) is 2. The van der Waals surface area contributed by atoms with Crippen molar-refractivity contribution in [2.24, 2.45) is 0 Å². The SMILES string of the molecule is Cc1ccc2oc(-c3nnc(Cl)c(C)c3C)cc2c1. The highest BCUT2D eigenvalue weighted by atomic mass is 35.5. The van der Waals surface area contributed by atoms with E-state index in [0.29, 0.717) is 5.15 Å². The predicted octanol–water partition coefficient (Wildman–Crippen LogP) is 4.47. The Hall–Kier alpha value is -1.87. The van der Waals surface area contributed by atoms with Crippen LogP contribution in [0.15, 0.2) is 28.7 Å². The second-order valence-corrected chi connectivity index (χ2v) is 5.10. The molecule has 19 heavy (non-hydrogen) atoms. The van der Waals surface area contributed by atoms with Crippen molar-refractivity contribution >= 4 is 22.6 Å². The molecule has 3 rings (SSSR count). The standard InChI is InChI=1S/C15H13ClN2O/c1-8-4-5-12-11(6-8)7-13(19-12)14-9(2)10(3)15(16)18-17-14/h4-7H,1-3H3. The summed E-state index contributed by atoms with van der Waals surface area (Å²) in [5, 5.41) is 9.62. The van der Waals surface area contributed by atoms with Gasteiger partial charge in [0.05, 0.1) is 0 Å². The highest BCUT2D eigenvalue weighted by Crippen LogP contribution is 2.31. The van der Waals surface area contributed by atoms with E-state index in [2.05, 4.69) is 23.2 Å². The van der Waals surface area contributed by atoms with Gasteiger partial charge >= 0.3 is 0 Å². The summed E-state index contributed by atoms with van der Waals surface area (Å²) in [6.45, 7) is 5.97. The third kappa shape index (κ3) is 2.00. The minimum atomic E-state index is 0.438. The van der Waals surface area contributed by atoms with E-state index in [-0.39, 0.29) is 0 Å². The normalized spacial score (nSPS) is 11.2. The van der Waals surface area contributed by atoms with E-state index in [0.717, 1.165) is 33.6 Å². The van der Waals surface area contributed by atoms with Crippen molar-refractivity contribution in [3.8, 4) is 11.5 Å². The molecule has 0 fully saturated rings. The molecule has 0 atom stereocenters. The Labute approximate surface area is 116 Å². The third-order valence-corrected chi connectivity index (χ3v) is 3.73. The van der Waals surface area contributed by atoms with Gasteiger partial charge in [-0.1, -0.05) is 23.2 Å². The summed E-state index contributed by atoms with van der Waals surface area (Å²) in [4.78, 5) is 0. The van der Waals surface area contributed by atoms with E-state index < -0.39 is 0 Å². The minimum Gasteiger partial charge on any atom is -0.454 e. The van der Waals surface area contributed by atoms with Crippen molar-refractivity contribution in [2.75, 3.05) is 0 Å². The highest BCUT2D eigenvalue weighted by molar-refractivity contribution is 6.30. The molecule has 0 amide bonds. The van der Waals surface area contributed by atoms with Crippen LogP contribution >= 0.6 is 11.6 Å². The van der Waals surface area contributed by atoms with Gasteiger partial charge in [0.25, 0.3) is 0 Å². The molecule has 3 aromatic rings. The van der Waals surface area contributed by atoms with Gasteiger partial charge in [0.15, 0.2) is 10.9 Å². The number of benzene rings is 1. The maximum Gasteiger partial charge on any atom is 0.155 e. The summed E-state index contributed by atoms with van der Waals surface area (Å²) in [6, 6.07) is 8.08. The Morgan fingerprint density at radius 3 is 2.58 bits per heavy atom. The molecule has 2 aromatic heterocycles. The zero-order valence-electron chi connectivity index (χ0n) is 11.0. The summed E-state index contributed by atoms with van der Waals surface area (Å²) >= 11 is 5.97. The molecular weight excluding hydrogens is 260 g/mol. The van der Waals surface area contributed by atoms with Gasteiger partial charge in [-0.05, 0) is 50.1 Å². The smallest absolute Gasteiger partial charge is 0.155 e. The van der Waals surface area contributed by atoms with Crippen LogP contribution < -0.4 is 0 Å². The van der Waals surface area contributed by atoms with Gasteiger partial charge in [-0.25, -0.2) is 0 Å². The quantitative estimate of drug-likeness (QED) is 0.656. The Balaban J connectivity index is 2.22. The first-order valence-corrected chi connectivity index (χ1v) is 6.44. The monoisotopic (exact) mass is 272 g/mol. The van der Waals surface area contributed by atoms with Crippen molar-refractivity contribution in [1.82, 2.24) is 10.2 Å². The van der Waals surface area contributed by atoms with Gasteiger partial charge in [-0.2, -0.15) is 0 Å². The van der Waals surface area contributed by atoms with Crippen LogP contribution in [0.2, 0.25) is 5.15 Å². The van der Waals surface area contributed by atoms with E-state index in [4.69, 9.17) is 16.0 Å². The lowest BCUT2D eigenvalue weighted by Gasteiger charge is -2.04. The second kappa shape index (κ2) is 4.35. The predicted molar refractivity (Wildman–Crippen MR) is 76.5 cm³/mol. The van der Waals surface area contributed by atoms with E-state index in [1.165, 1.54) is 5.56 Å². The Kier molecular flexibility index (Phi) is 2.79. The first-order valence-electron chi connectivity index (χ1n) is 6.06. The molecule has 0 spiro atoms. The number of halogens is 1. The van der Waals surface area contributed by atoms with Gasteiger partial charge in [0.2, 0.25) is 0 Å². The van der Waals surface area contributed by atoms with Crippen LogP contribution in [-0.4, -0.2) is 10.2 Å². The molecule has 4 heteroatoms. The van der Waals surface area contributed by atoms with Gasteiger partial charge in [-0.3, -0.25) is 0 Å². The lowest BCUT2D eigenvalue weighted by Crippen LogP contribution is -1.95. The number of aromatic nitrogens is 2. The molecule has 0 aliphatic carbocycles. The second-order valence-electron chi connectivity index (χ2n) is 4.74. The topological polar surface area (TPSA) is 38.9 Å². The summed E-state index contributed by atoms with van der Waals surface area (Å²) in [6.07, 6.45) is 0. The minimum absolute atomic E-state index is 0.438. The molecular formula is C15H13ClN2O. The molecule has 0 aliphatic rings. The third-order valence-electron chi connectivity index (χ3n) is 3.37. The van der Waals surface area contributed by atoms with Crippen LogP contribution in [-0.2, 0) is 0 Å². The van der Waals surface area contributed by atoms with Crippen LogP contribution in [0.25, 0.3) is 22.4 Å². The van der Waals surface area contributed by atoms with Crippen LogP contribution in [0.5, 0.6) is 0 Å². The summed E-state index contributed by atoms with van der Waals surface area (Å²) in [7, 11) is 0. The fourth-order valence-electron chi connectivity index (χ4n) is 2.09. The molecule has 3 nitrogen and oxygen atoms in total. The lowest BCUT2D eigenvalue weighted by molar-refractivity contribution is 0.626. The molecule has 0 N–H and O–H groups in total. The number of furan rings is 1. The summed E-state index contributed by atoms with van der Waals surface area (Å²) in [5.41, 5.74) is 4.74. The van der Waals surface area contributed by atoms with Crippen molar-refractivity contribution in [2.45, 2.75) is 20.8 Å². The van der Waals surface area contributed by atoms with Crippen LogP contribution in [0.3, 0.4) is 0 Å². The molecule has 0 aliphatic heterocycles. The Morgan fingerprint density at radius 2 is 1.79 bits per heavy atom. The fraction of sp³-hybridized carbons (Fsp3) is 0.200. The van der Waals surface area contributed by atoms with E-state index in [1.807, 2.05) is 32.0 Å². The maximum atomic E-state index is 5.97. The highest BCUT2D eigenvalue weighted by Gasteiger charge is 2.14. The number of hydrogen-bond donors (Lipinski definition) is 0. The van der Waals surface area contributed by atoms with Crippen molar-refractivity contribution < 1.29 is 4.42 Å². The number of rotatable bonds is 1. The largest absolute Gasteiger partial charge is 0.454 e. The van der Waals surface area contributed by atoms with Gasteiger partial charge in [0.1, 0.15) is 11.3 Å². The van der Waals surface area contributed by atoms with Crippen LogP contribution in [0.1, 0.15) is 16.7 Å². The van der Waals surface area contributed by atoms with Crippen LogP contribution in [0.4, 0.5) is 0 Å². The fourth-order valence-corrected chi connectivity index (χ4v) is 2.27. The van der Waals surface area contributed by atoms with Crippen molar-refractivity contribution in [3.63, 3.8) is 0 Å². The zero-order valence-corrected chi connectivity index (χ0v) is 11.7. The molecule has 0 radical (unpaired) electrons. The first kappa shape index (κ1) is 12.2. The number of hydrogen-bond acceptors (Lipinski definition) is 3. The molecule has 1 aromatic carbocycles. The van der Waals surface area contributed by atoms with Crippen molar-refractivity contribution in [1.29, 1.82) is 0 Å². The molecule has 0 unspecified atom stereocenters. The van der Waals surface area contributed by atoms with Gasteiger partial charge in [0, 0.05) is 5.39 Å². The van der Waals surface area contributed by atoms with Crippen LogP contribution in [0, 0.1) is 20.8 Å². The van der Waals surface area contributed by atoms with Crippen molar-refractivity contribution in [3.05, 3.63) is 46.1 Å². The number of fused-ring (bicyclic) bond motifs is 1. The molecule has 0 saturated heterocycles. The maximum absolute atomic E-state index is 5.97. The molecule has 0 bridgehead atoms. The van der Waals surface area contributed by atoms with E-state index in [9.17, 15) is 0 Å². The number of aryl methyl sites for hydroxylation is 1. The molecule has 0 saturated carbocycles. The summed E-state index contributed by atoms with van der Waals surface area (Å²) < 4.78 is 5.84. The Morgan fingerprint density at radius 1 is 1.00 bits per heavy atom.